The summed E-state index contributed by atoms with van der Waals surface area (Å²) in [6, 6.07) is 13.5. The summed E-state index contributed by atoms with van der Waals surface area (Å²) < 4.78 is 15.9. The van der Waals surface area contributed by atoms with Gasteiger partial charge < -0.3 is 13.9 Å². The number of hydrogen-bond donors (Lipinski definition) is 2. The topological polar surface area (TPSA) is 107 Å². The van der Waals surface area contributed by atoms with Gasteiger partial charge in [0, 0.05) is 16.5 Å². The molecule has 8 nitrogen and oxygen atoms in total. The Bertz CT molecular complexity index is 1060. The standard InChI is InChI=1S/C21H20N2O6/c1-12-16-11-15(27-3)9-10-17(16)29-18(12)21(26)28-13(2)19(24)22-23-20(25)14-7-5-4-6-8-14/h4-11,13H,1-3H3,(H,22,24)(H,23,25)/t13-/m0/s1. The molecule has 150 valence electrons. The van der Waals surface area contributed by atoms with E-state index in [0.29, 0.717) is 27.8 Å². The molecule has 0 aliphatic rings. The van der Waals surface area contributed by atoms with Crippen LogP contribution in [-0.4, -0.2) is 31.0 Å². The molecular weight excluding hydrogens is 376 g/mol. The van der Waals surface area contributed by atoms with Gasteiger partial charge in [-0.3, -0.25) is 20.4 Å². The van der Waals surface area contributed by atoms with Crippen molar-refractivity contribution in [1.82, 2.24) is 10.9 Å². The van der Waals surface area contributed by atoms with Crippen LogP contribution >= 0.6 is 0 Å². The van der Waals surface area contributed by atoms with Crippen molar-refractivity contribution >= 4 is 28.8 Å². The van der Waals surface area contributed by atoms with Crippen molar-refractivity contribution in [3.63, 3.8) is 0 Å². The van der Waals surface area contributed by atoms with Crippen LogP contribution in [0.4, 0.5) is 0 Å². The zero-order valence-electron chi connectivity index (χ0n) is 16.1. The minimum atomic E-state index is -1.15. The molecule has 2 aromatic carbocycles. The molecule has 2 amide bonds. The molecule has 3 aromatic rings. The fourth-order valence-electron chi connectivity index (χ4n) is 2.67. The molecule has 0 fully saturated rings. The molecule has 3 rings (SSSR count). The number of benzene rings is 2. The third kappa shape index (κ3) is 4.37. The van der Waals surface area contributed by atoms with E-state index < -0.39 is 23.9 Å². The summed E-state index contributed by atoms with van der Waals surface area (Å²) in [6.07, 6.45) is -1.15. The number of carbonyl (C=O) groups is 3. The highest BCUT2D eigenvalue weighted by atomic mass is 16.6. The van der Waals surface area contributed by atoms with Crippen LogP contribution in [0.15, 0.2) is 52.9 Å². The minimum absolute atomic E-state index is 0.00113. The van der Waals surface area contributed by atoms with Crippen LogP contribution in [0.1, 0.15) is 33.4 Å². The number of esters is 1. The molecule has 29 heavy (non-hydrogen) atoms. The van der Waals surface area contributed by atoms with Gasteiger partial charge in [-0.25, -0.2) is 4.79 Å². The average Bonchev–Trinajstić information content (AvgIpc) is 3.08. The van der Waals surface area contributed by atoms with E-state index >= 15 is 0 Å². The lowest BCUT2D eigenvalue weighted by Gasteiger charge is -2.13. The Balaban J connectivity index is 1.62. The summed E-state index contributed by atoms with van der Waals surface area (Å²) in [5.74, 6) is -1.32. The van der Waals surface area contributed by atoms with Gasteiger partial charge in [0.1, 0.15) is 11.3 Å². The molecule has 1 heterocycles. The molecule has 1 atom stereocenters. The number of hydrogen-bond acceptors (Lipinski definition) is 6. The second kappa shape index (κ2) is 8.47. The zero-order chi connectivity index (χ0) is 21.0. The molecule has 0 aliphatic carbocycles. The van der Waals surface area contributed by atoms with Crippen LogP contribution in [0.2, 0.25) is 0 Å². The Labute approximate surface area is 166 Å². The highest BCUT2D eigenvalue weighted by Crippen LogP contribution is 2.29. The monoisotopic (exact) mass is 396 g/mol. The number of aryl methyl sites for hydroxylation is 1. The summed E-state index contributed by atoms with van der Waals surface area (Å²) in [5, 5.41) is 0.712. The summed E-state index contributed by atoms with van der Waals surface area (Å²) in [6.45, 7) is 3.11. The Kier molecular flexibility index (Phi) is 5.82. The first-order chi connectivity index (χ1) is 13.9. The van der Waals surface area contributed by atoms with E-state index in [2.05, 4.69) is 10.9 Å². The van der Waals surface area contributed by atoms with E-state index in [1.54, 1.807) is 62.6 Å². The number of nitrogens with one attached hydrogen (secondary N) is 2. The number of hydrazine groups is 1. The van der Waals surface area contributed by atoms with Crippen molar-refractivity contribution in [3.05, 3.63) is 65.4 Å². The van der Waals surface area contributed by atoms with E-state index in [-0.39, 0.29) is 5.76 Å². The van der Waals surface area contributed by atoms with Crippen LogP contribution < -0.4 is 15.6 Å². The number of carbonyl (C=O) groups excluding carboxylic acids is 3. The van der Waals surface area contributed by atoms with Crippen LogP contribution in [-0.2, 0) is 9.53 Å². The molecular formula is C21H20N2O6. The van der Waals surface area contributed by atoms with Crippen molar-refractivity contribution in [2.24, 2.45) is 0 Å². The van der Waals surface area contributed by atoms with Crippen LogP contribution in [0.25, 0.3) is 11.0 Å². The quantitative estimate of drug-likeness (QED) is 0.507. The third-order valence-corrected chi connectivity index (χ3v) is 4.32. The van der Waals surface area contributed by atoms with Crippen molar-refractivity contribution in [2.75, 3.05) is 7.11 Å². The Morgan fingerprint density at radius 3 is 2.45 bits per heavy atom. The second-order valence-electron chi connectivity index (χ2n) is 6.28. The van der Waals surface area contributed by atoms with Crippen molar-refractivity contribution < 1.29 is 28.3 Å². The van der Waals surface area contributed by atoms with E-state index in [4.69, 9.17) is 13.9 Å². The third-order valence-electron chi connectivity index (χ3n) is 4.32. The second-order valence-corrected chi connectivity index (χ2v) is 6.28. The first kappa shape index (κ1) is 19.9. The Hall–Kier alpha value is -3.81. The van der Waals surface area contributed by atoms with Gasteiger partial charge in [-0.1, -0.05) is 18.2 Å². The maximum atomic E-state index is 12.4. The van der Waals surface area contributed by atoms with Crippen LogP contribution in [0, 0.1) is 6.92 Å². The highest BCUT2D eigenvalue weighted by Gasteiger charge is 2.24. The van der Waals surface area contributed by atoms with Crippen molar-refractivity contribution in [2.45, 2.75) is 20.0 Å². The molecule has 0 aliphatic heterocycles. The molecule has 1 aromatic heterocycles. The Morgan fingerprint density at radius 1 is 1.03 bits per heavy atom. The highest BCUT2D eigenvalue weighted by molar-refractivity contribution is 5.98. The molecule has 8 heteroatoms. The summed E-state index contributed by atoms with van der Waals surface area (Å²) in [7, 11) is 1.54. The van der Waals surface area contributed by atoms with E-state index in [1.807, 2.05) is 0 Å². The summed E-state index contributed by atoms with van der Waals surface area (Å²) in [5.41, 5.74) is 5.96. The SMILES string of the molecule is COc1ccc2oc(C(=O)O[C@@H](C)C(=O)NNC(=O)c3ccccc3)c(C)c2c1. The van der Waals surface area contributed by atoms with Crippen molar-refractivity contribution in [3.8, 4) is 5.75 Å². The first-order valence-corrected chi connectivity index (χ1v) is 8.84. The normalized spacial score (nSPS) is 11.6. The number of ether oxygens (including phenoxy) is 2. The zero-order valence-corrected chi connectivity index (χ0v) is 16.1. The van der Waals surface area contributed by atoms with Gasteiger partial charge in [-0.2, -0.15) is 0 Å². The lowest BCUT2D eigenvalue weighted by atomic mass is 10.1. The summed E-state index contributed by atoms with van der Waals surface area (Å²) in [4.78, 5) is 36.5. The summed E-state index contributed by atoms with van der Waals surface area (Å²) >= 11 is 0. The number of amides is 2. The van der Waals surface area contributed by atoms with Crippen LogP contribution in [0.5, 0.6) is 5.75 Å². The van der Waals surface area contributed by atoms with E-state index in [9.17, 15) is 14.4 Å². The maximum absolute atomic E-state index is 12.4. The van der Waals surface area contributed by atoms with Gasteiger partial charge in [-0.05, 0) is 44.2 Å². The molecule has 0 saturated carbocycles. The van der Waals surface area contributed by atoms with Gasteiger partial charge in [0.2, 0.25) is 5.76 Å². The average molecular weight is 396 g/mol. The fourth-order valence-corrected chi connectivity index (χ4v) is 2.67. The predicted octanol–water partition coefficient (Wildman–Crippen LogP) is 2.76. The van der Waals surface area contributed by atoms with Gasteiger partial charge in [-0.15, -0.1) is 0 Å². The fraction of sp³-hybridized carbons (Fsp3) is 0.190. The van der Waals surface area contributed by atoms with Crippen molar-refractivity contribution in [1.29, 1.82) is 0 Å². The number of furan rings is 1. The predicted molar refractivity (Wildman–Crippen MR) is 104 cm³/mol. The number of rotatable bonds is 5. The van der Waals surface area contributed by atoms with E-state index in [1.165, 1.54) is 6.92 Å². The number of fused-ring (bicyclic) bond motifs is 1. The minimum Gasteiger partial charge on any atom is -0.497 e. The van der Waals surface area contributed by atoms with E-state index in [0.717, 1.165) is 0 Å². The van der Waals surface area contributed by atoms with Gasteiger partial charge >= 0.3 is 5.97 Å². The Morgan fingerprint density at radius 2 is 1.76 bits per heavy atom. The lowest BCUT2D eigenvalue weighted by Crippen LogP contribution is -2.46. The molecule has 0 spiro atoms. The number of methoxy groups -OCH3 is 1. The van der Waals surface area contributed by atoms with Crippen LogP contribution in [0.3, 0.4) is 0 Å². The van der Waals surface area contributed by atoms with Gasteiger partial charge in [0.15, 0.2) is 6.10 Å². The largest absolute Gasteiger partial charge is 0.497 e. The molecule has 0 saturated heterocycles. The smallest absolute Gasteiger partial charge is 0.375 e. The van der Waals surface area contributed by atoms with Gasteiger partial charge in [0.25, 0.3) is 11.8 Å². The molecule has 0 radical (unpaired) electrons. The molecule has 0 bridgehead atoms. The molecule has 2 N–H and O–H groups in total. The lowest BCUT2D eigenvalue weighted by molar-refractivity contribution is -0.129. The maximum Gasteiger partial charge on any atom is 0.375 e. The van der Waals surface area contributed by atoms with Gasteiger partial charge in [0.05, 0.1) is 7.11 Å². The molecule has 0 unspecified atom stereocenters. The first-order valence-electron chi connectivity index (χ1n) is 8.84.